The van der Waals surface area contributed by atoms with E-state index in [-0.39, 0.29) is 5.41 Å². The SMILES string of the molecule is CC(C)(C)C(=O)N1CCC(N2CCNCC2)CC1. The van der Waals surface area contributed by atoms with Crippen LogP contribution in [0.25, 0.3) is 0 Å². The molecule has 0 aromatic carbocycles. The van der Waals surface area contributed by atoms with E-state index in [0.717, 1.165) is 52.1 Å². The maximum atomic E-state index is 12.2. The monoisotopic (exact) mass is 253 g/mol. The van der Waals surface area contributed by atoms with E-state index in [1.54, 1.807) is 0 Å². The summed E-state index contributed by atoms with van der Waals surface area (Å²) in [5.41, 5.74) is -0.234. The van der Waals surface area contributed by atoms with Crippen LogP contribution in [0.1, 0.15) is 33.6 Å². The van der Waals surface area contributed by atoms with Crippen LogP contribution in [0.3, 0.4) is 0 Å². The number of hydrogen-bond acceptors (Lipinski definition) is 3. The molecule has 2 saturated heterocycles. The first-order valence-corrected chi connectivity index (χ1v) is 7.22. The smallest absolute Gasteiger partial charge is 0.227 e. The molecule has 0 radical (unpaired) electrons. The number of hydrogen-bond donors (Lipinski definition) is 1. The summed E-state index contributed by atoms with van der Waals surface area (Å²) >= 11 is 0. The molecule has 0 atom stereocenters. The maximum Gasteiger partial charge on any atom is 0.227 e. The molecule has 2 aliphatic rings. The van der Waals surface area contributed by atoms with Crippen molar-refractivity contribution in [2.45, 2.75) is 39.7 Å². The third-order valence-corrected chi connectivity index (χ3v) is 4.06. The zero-order valence-corrected chi connectivity index (χ0v) is 12.0. The number of piperazine rings is 1. The lowest BCUT2D eigenvalue weighted by Gasteiger charge is -2.41. The molecule has 0 unspecified atom stereocenters. The van der Waals surface area contributed by atoms with Gasteiger partial charge < -0.3 is 10.2 Å². The number of piperidine rings is 1. The van der Waals surface area contributed by atoms with E-state index >= 15 is 0 Å². The molecule has 0 aromatic rings. The highest BCUT2D eigenvalue weighted by atomic mass is 16.2. The van der Waals surface area contributed by atoms with Crippen LogP contribution >= 0.6 is 0 Å². The van der Waals surface area contributed by atoms with Gasteiger partial charge in [-0.05, 0) is 12.8 Å². The number of carbonyl (C=O) groups excluding carboxylic acids is 1. The maximum absolute atomic E-state index is 12.2. The summed E-state index contributed by atoms with van der Waals surface area (Å²) in [6.07, 6.45) is 2.28. The summed E-state index contributed by atoms with van der Waals surface area (Å²) < 4.78 is 0. The van der Waals surface area contributed by atoms with E-state index < -0.39 is 0 Å². The van der Waals surface area contributed by atoms with Gasteiger partial charge in [-0.15, -0.1) is 0 Å². The van der Waals surface area contributed by atoms with Crippen molar-refractivity contribution in [1.29, 1.82) is 0 Å². The first-order chi connectivity index (χ1) is 8.48. The molecule has 2 rings (SSSR count). The molecule has 4 heteroatoms. The van der Waals surface area contributed by atoms with Gasteiger partial charge in [-0.3, -0.25) is 9.69 Å². The second-order valence-corrected chi connectivity index (χ2v) is 6.56. The lowest BCUT2D eigenvalue weighted by atomic mass is 9.92. The van der Waals surface area contributed by atoms with E-state index in [1.165, 1.54) is 0 Å². The minimum absolute atomic E-state index is 0.234. The van der Waals surface area contributed by atoms with Crippen molar-refractivity contribution in [2.75, 3.05) is 39.3 Å². The van der Waals surface area contributed by atoms with Gasteiger partial charge in [0.05, 0.1) is 0 Å². The Morgan fingerprint density at radius 2 is 1.61 bits per heavy atom. The number of nitrogens with one attached hydrogen (secondary N) is 1. The Bertz CT molecular complexity index is 284. The van der Waals surface area contributed by atoms with E-state index in [9.17, 15) is 4.79 Å². The molecule has 4 nitrogen and oxygen atoms in total. The zero-order valence-electron chi connectivity index (χ0n) is 12.0. The second kappa shape index (κ2) is 5.57. The molecule has 0 bridgehead atoms. The van der Waals surface area contributed by atoms with Gasteiger partial charge in [0.2, 0.25) is 5.91 Å². The van der Waals surface area contributed by atoms with E-state index in [4.69, 9.17) is 0 Å². The Kier molecular flexibility index (Phi) is 4.28. The van der Waals surface area contributed by atoms with Crippen molar-refractivity contribution in [1.82, 2.24) is 15.1 Å². The summed E-state index contributed by atoms with van der Waals surface area (Å²) in [6, 6.07) is 0.691. The fourth-order valence-electron chi connectivity index (χ4n) is 2.96. The molecular weight excluding hydrogens is 226 g/mol. The average Bonchev–Trinajstić information content (AvgIpc) is 2.38. The standard InChI is InChI=1S/C14H27N3O/c1-14(2,3)13(18)17-8-4-12(5-9-17)16-10-6-15-7-11-16/h12,15H,4-11H2,1-3H3. The number of carbonyl (C=O) groups is 1. The number of rotatable bonds is 1. The van der Waals surface area contributed by atoms with Gasteiger partial charge in [0.25, 0.3) is 0 Å². The molecule has 2 aliphatic heterocycles. The van der Waals surface area contributed by atoms with Gasteiger partial charge >= 0.3 is 0 Å². The number of nitrogens with zero attached hydrogens (tertiary/aromatic N) is 2. The lowest BCUT2D eigenvalue weighted by molar-refractivity contribution is -0.141. The first kappa shape index (κ1) is 13.8. The summed E-state index contributed by atoms with van der Waals surface area (Å²) in [6.45, 7) is 12.5. The van der Waals surface area contributed by atoms with Crippen molar-refractivity contribution in [3.8, 4) is 0 Å². The van der Waals surface area contributed by atoms with Crippen molar-refractivity contribution in [2.24, 2.45) is 5.41 Å². The molecule has 0 aromatic heterocycles. The highest BCUT2D eigenvalue weighted by molar-refractivity contribution is 5.81. The molecule has 0 spiro atoms. The number of amides is 1. The fourth-order valence-corrected chi connectivity index (χ4v) is 2.96. The van der Waals surface area contributed by atoms with Crippen LogP contribution in [0, 0.1) is 5.41 Å². The first-order valence-electron chi connectivity index (χ1n) is 7.22. The minimum atomic E-state index is -0.234. The van der Waals surface area contributed by atoms with Crippen LogP contribution in [0.4, 0.5) is 0 Å². The Hall–Kier alpha value is -0.610. The highest BCUT2D eigenvalue weighted by Crippen LogP contribution is 2.23. The third-order valence-electron chi connectivity index (χ3n) is 4.06. The van der Waals surface area contributed by atoms with Gasteiger partial charge in [-0.2, -0.15) is 0 Å². The fraction of sp³-hybridized carbons (Fsp3) is 0.929. The van der Waals surface area contributed by atoms with Gasteiger partial charge in [-0.25, -0.2) is 0 Å². The Labute approximate surface area is 111 Å². The molecule has 2 fully saturated rings. The van der Waals surface area contributed by atoms with Gasteiger partial charge in [0, 0.05) is 50.7 Å². The van der Waals surface area contributed by atoms with Crippen molar-refractivity contribution >= 4 is 5.91 Å². The van der Waals surface area contributed by atoms with Crippen LogP contribution in [-0.4, -0.2) is 61.0 Å². The molecule has 104 valence electrons. The minimum Gasteiger partial charge on any atom is -0.342 e. The molecule has 1 amide bonds. The molecule has 1 N–H and O–H groups in total. The second-order valence-electron chi connectivity index (χ2n) is 6.56. The van der Waals surface area contributed by atoms with Gasteiger partial charge in [0.15, 0.2) is 0 Å². The van der Waals surface area contributed by atoms with Crippen LogP contribution in [0.2, 0.25) is 0 Å². The Balaban J connectivity index is 1.82. The van der Waals surface area contributed by atoms with E-state index in [1.807, 2.05) is 20.8 Å². The lowest BCUT2D eigenvalue weighted by Crippen LogP contribution is -2.53. The van der Waals surface area contributed by atoms with Crippen molar-refractivity contribution in [3.05, 3.63) is 0 Å². The van der Waals surface area contributed by atoms with Crippen LogP contribution in [0.15, 0.2) is 0 Å². The largest absolute Gasteiger partial charge is 0.342 e. The third kappa shape index (κ3) is 3.23. The Morgan fingerprint density at radius 1 is 1.06 bits per heavy atom. The topological polar surface area (TPSA) is 35.6 Å². The van der Waals surface area contributed by atoms with Crippen molar-refractivity contribution < 1.29 is 4.79 Å². The van der Waals surface area contributed by atoms with Gasteiger partial charge in [-0.1, -0.05) is 20.8 Å². The normalized spacial score (nSPS) is 24.3. The average molecular weight is 253 g/mol. The van der Waals surface area contributed by atoms with E-state index in [0.29, 0.717) is 11.9 Å². The molecule has 2 heterocycles. The zero-order chi connectivity index (χ0) is 13.2. The predicted molar refractivity (Wildman–Crippen MR) is 73.5 cm³/mol. The molecule has 18 heavy (non-hydrogen) atoms. The van der Waals surface area contributed by atoms with Crippen LogP contribution in [0.5, 0.6) is 0 Å². The quantitative estimate of drug-likeness (QED) is 0.755. The van der Waals surface area contributed by atoms with E-state index in [2.05, 4.69) is 15.1 Å². The molecular formula is C14H27N3O. The molecule has 0 saturated carbocycles. The highest BCUT2D eigenvalue weighted by Gasteiger charge is 2.32. The van der Waals surface area contributed by atoms with Crippen LogP contribution < -0.4 is 5.32 Å². The summed E-state index contributed by atoms with van der Waals surface area (Å²) in [5, 5.41) is 3.39. The molecule has 0 aliphatic carbocycles. The predicted octanol–water partition coefficient (Wildman–Crippen LogP) is 0.929. The van der Waals surface area contributed by atoms with Crippen LogP contribution in [-0.2, 0) is 4.79 Å². The Morgan fingerprint density at radius 3 is 2.11 bits per heavy atom. The van der Waals surface area contributed by atoms with Gasteiger partial charge in [0.1, 0.15) is 0 Å². The van der Waals surface area contributed by atoms with Crippen molar-refractivity contribution in [3.63, 3.8) is 0 Å². The number of likely N-dealkylation sites (tertiary alicyclic amines) is 1. The summed E-state index contributed by atoms with van der Waals surface area (Å²) in [7, 11) is 0. The summed E-state index contributed by atoms with van der Waals surface area (Å²) in [5.74, 6) is 0.307. The summed E-state index contributed by atoms with van der Waals surface area (Å²) in [4.78, 5) is 16.9.